The van der Waals surface area contributed by atoms with E-state index in [9.17, 15) is 0 Å². The largest absolute Gasteiger partial charge is 0.374 e. The summed E-state index contributed by atoms with van der Waals surface area (Å²) in [7, 11) is 2.15. The lowest BCUT2D eigenvalue weighted by molar-refractivity contribution is -0.0536. The van der Waals surface area contributed by atoms with E-state index < -0.39 is 0 Å². The standard InChI is InChI=1S/C9H19NO/c1-9(2,3)11-7-8-5-6-10(8)4/h8H,5-7H2,1-4H3. The third-order valence-corrected chi connectivity index (χ3v) is 2.15. The van der Waals surface area contributed by atoms with E-state index in [1.54, 1.807) is 0 Å². The number of hydrogen-bond acceptors (Lipinski definition) is 2. The van der Waals surface area contributed by atoms with Crippen molar-refractivity contribution in [3.8, 4) is 0 Å². The van der Waals surface area contributed by atoms with Crippen molar-refractivity contribution in [3.05, 3.63) is 0 Å². The predicted molar refractivity (Wildman–Crippen MR) is 46.7 cm³/mol. The summed E-state index contributed by atoms with van der Waals surface area (Å²) < 4.78 is 5.66. The maximum absolute atomic E-state index is 5.66. The van der Waals surface area contributed by atoms with E-state index in [4.69, 9.17) is 4.74 Å². The Balaban J connectivity index is 2.12. The summed E-state index contributed by atoms with van der Waals surface area (Å²) in [5.41, 5.74) is 0.0242. The van der Waals surface area contributed by atoms with Crippen LogP contribution in [0, 0.1) is 0 Å². The van der Waals surface area contributed by atoms with Crippen LogP contribution in [-0.4, -0.2) is 36.7 Å². The third-order valence-electron chi connectivity index (χ3n) is 2.15. The average Bonchev–Trinajstić information content (AvgIpc) is 1.82. The second-order valence-electron chi connectivity index (χ2n) is 4.35. The van der Waals surface area contributed by atoms with Crippen LogP contribution in [0.15, 0.2) is 0 Å². The summed E-state index contributed by atoms with van der Waals surface area (Å²) in [6, 6.07) is 0.675. The van der Waals surface area contributed by atoms with Crippen molar-refractivity contribution in [2.75, 3.05) is 20.2 Å². The molecule has 2 nitrogen and oxygen atoms in total. The van der Waals surface area contributed by atoms with Crippen LogP contribution in [-0.2, 0) is 4.74 Å². The van der Waals surface area contributed by atoms with Crippen molar-refractivity contribution in [3.63, 3.8) is 0 Å². The minimum Gasteiger partial charge on any atom is -0.374 e. The molecule has 0 N–H and O–H groups in total. The molecule has 0 radical (unpaired) electrons. The summed E-state index contributed by atoms with van der Waals surface area (Å²) in [6.45, 7) is 8.43. The van der Waals surface area contributed by atoms with Crippen LogP contribution in [0.2, 0.25) is 0 Å². The molecule has 1 atom stereocenters. The molecule has 2 heteroatoms. The Morgan fingerprint density at radius 1 is 1.45 bits per heavy atom. The first-order valence-electron chi connectivity index (χ1n) is 4.33. The maximum Gasteiger partial charge on any atom is 0.0629 e. The molecule has 0 aliphatic carbocycles. The second-order valence-corrected chi connectivity index (χ2v) is 4.35. The van der Waals surface area contributed by atoms with Crippen LogP contribution in [0.3, 0.4) is 0 Å². The second kappa shape index (κ2) is 3.11. The lowest BCUT2D eigenvalue weighted by Gasteiger charge is -2.39. The first-order valence-corrected chi connectivity index (χ1v) is 4.33. The molecule has 0 saturated carbocycles. The smallest absolute Gasteiger partial charge is 0.0629 e. The van der Waals surface area contributed by atoms with Gasteiger partial charge in [0.1, 0.15) is 0 Å². The quantitative estimate of drug-likeness (QED) is 0.602. The van der Waals surface area contributed by atoms with Crippen LogP contribution in [0.5, 0.6) is 0 Å². The van der Waals surface area contributed by atoms with Crippen molar-refractivity contribution in [2.45, 2.75) is 38.8 Å². The lowest BCUT2D eigenvalue weighted by atomic mass is 10.1. The lowest BCUT2D eigenvalue weighted by Crippen LogP contribution is -2.48. The minimum atomic E-state index is 0.0242. The molecule has 0 bridgehead atoms. The van der Waals surface area contributed by atoms with E-state index in [0.717, 1.165) is 6.61 Å². The highest BCUT2D eigenvalue weighted by Crippen LogP contribution is 2.17. The van der Waals surface area contributed by atoms with E-state index >= 15 is 0 Å². The van der Waals surface area contributed by atoms with Crippen molar-refractivity contribution >= 4 is 0 Å². The van der Waals surface area contributed by atoms with Gasteiger partial charge in [-0.25, -0.2) is 0 Å². The number of likely N-dealkylation sites (tertiary alicyclic amines) is 1. The molecule has 1 saturated heterocycles. The molecular formula is C9H19NO. The Kier molecular flexibility index (Phi) is 2.55. The summed E-state index contributed by atoms with van der Waals surface area (Å²) in [6.07, 6.45) is 1.30. The van der Waals surface area contributed by atoms with Crippen molar-refractivity contribution in [1.82, 2.24) is 4.90 Å². The molecule has 1 heterocycles. The third kappa shape index (κ3) is 2.80. The molecule has 1 fully saturated rings. The molecule has 0 spiro atoms. The SMILES string of the molecule is CN1CCC1COC(C)(C)C. The number of likely N-dealkylation sites (N-methyl/N-ethyl adjacent to an activating group) is 1. The van der Waals surface area contributed by atoms with Gasteiger partial charge in [0, 0.05) is 6.04 Å². The van der Waals surface area contributed by atoms with Gasteiger partial charge in [-0.1, -0.05) is 0 Å². The predicted octanol–water partition coefficient (Wildman–Crippen LogP) is 1.51. The fourth-order valence-electron chi connectivity index (χ4n) is 1.13. The van der Waals surface area contributed by atoms with Crippen LogP contribution in [0.25, 0.3) is 0 Å². The van der Waals surface area contributed by atoms with Crippen LogP contribution in [0.1, 0.15) is 27.2 Å². The zero-order valence-electron chi connectivity index (χ0n) is 8.05. The Morgan fingerprint density at radius 3 is 2.36 bits per heavy atom. The van der Waals surface area contributed by atoms with Gasteiger partial charge in [-0.2, -0.15) is 0 Å². The highest BCUT2D eigenvalue weighted by atomic mass is 16.5. The number of hydrogen-bond donors (Lipinski definition) is 0. The molecule has 1 aliphatic rings. The van der Waals surface area contributed by atoms with Gasteiger partial charge in [-0.3, -0.25) is 0 Å². The van der Waals surface area contributed by atoms with Gasteiger partial charge >= 0.3 is 0 Å². The highest BCUT2D eigenvalue weighted by molar-refractivity contribution is 4.80. The average molecular weight is 157 g/mol. The van der Waals surface area contributed by atoms with Gasteiger partial charge in [0.2, 0.25) is 0 Å². The van der Waals surface area contributed by atoms with E-state index in [-0.39, 0.29) is 5.60 Å². The Morgan fingerprint density at radius 2 is 2.09 bits per heavy atom. The zero-order valence-corrected chi connectivity index (χ0v) is 8.05. The van der Waals surface area contributed by atoms with Crippen molar-refractivity contribution in [1.29, 1.82) is 0 Å². The van der Waals surface area contributed by atoms with Gasteiger partial charge in [0.25, 0.3) is 0 Å². The van der Waals surface area contributed by atoms with E-state index in [2.05, 4.69) is 32.7 Å². The van der Waals surface area contributed by atoms with E-state index in [0.29, 0.717) is 6.04 Å². The summed E-state index contributed by atoms with van der Waals surface area (Å²) in [5.74, 6) is 0. The Labute approximate surface area is 69.5 Å². The molecule has 0 aromatic heterocycles. The van der Waals surface area contributed by atoms with Gasteiger partial charge in [0.05, 0.1) is 12.2 Å². The monoisotopic (exact) mass is 157 g/mol. The fraction of sp³-hybridized carbons (Fsp3) is 1.00. The first-order chi connectivity index (χ1) is 4.99. The summed E-state index contributed by atoms with van der Waals surface area (Å²) in [4.78, 5) is 2.34. The molecule has 11 heavy (non-hydrogen) atoms. The van der Waals surface area contributed by atoms with Gasteiger partial charge in [0.15, 0.2) is 0 Å². The van der Waals surface area contributed by atoms with E-state index in [1.807, 2.05) is 0 Å². The fourth-order valence-corrected chi connectivity index (χ4v) is 1.13. The van der Waals surface area contributed by atoms with Gasteiger partial charge in [-0.05, 0) is 40.8 Å². The van der Waals surface area contributed by atoms with Gasteiger partial charge in [-0.15, -0.1) is 0 Å². The van der Waals surface area contributed by atoms with Crippen LogP contribution < -0.4 is 0 Å². The first kappa shape index (κ1) is 9.01. The van der Waals surface area contributed by atoms with Gasteiger partial charge < -0.3 is 9.64 Å². The molecule has 1 aliphatic heterocycles. The Bertz CT molecular complexity index is 128. The molecule has 0 amide bonds. The van der Waals surface area contributed by atoms with E-state index in [1.165, 1.54) is 13.0 Å². The summed E-state index contributed by atoms with van der Waals surface area (Å²) >= 11 is 0. The zero-order chi connectivity index (χ0) is 8.48. The number of rotatable bonds is 2. The number of nitrogens with zero attached hydrogens (tertiary/aromatic N) is 1. The summed E-state index contributed by atoms with van der Waals surface area (Å²) in [5, 5.41) is 0. The van der Waals surface area contributed by atoms with Crippen LogP contribution >= 0.6 is 0 Å². The topological polar surface area (TPSA) is 12.5 Å². The minimum absolute atomic E-state index is 0.0242. The molecule has 66 valence electrons. The molecule has 0 aromatic rings. The van der Waals surface area contributed by atoms with Crippen LogP contribution in [0.4, 0.5) is 0 Å². The highest BCUT2D eigenvalue weighted by Gasteiger charge is 2.25. The molecule has 0 aromatic carbocycles. The molecule has 1 rings (SSSR count). The normalized spacial score (nSPS) is 26.7. The Hall–Kier alpha value is -0.0800. The van der Waals surface area contributed by atoms with Crippen molar-refractivity contribution < 1.29 is 4.74 Å². The number of ether oxygens (including phenoxy) is 1. The molecular weight excluding hydrogens is 138 g/mol. The maximum atomic E-state index is 5.66. The molecule has 1 unspecified atom stereocenters. The van der Waals surface area contributed by atoms with Crippen molar-refractivity contribution in [2.24, 2.45) is 0 Å².